The Bertz CT molecular complexity index is 1280. The van der Waals surface area contributed by atoms with E-state index in [0.29, 0.717) is 10.9 Å². The fourth-order valence-electron chi connectivity index (χ4n) is 2.37. The minimum atomic E-state index is -5.01. The van der Waals surface area contributed by atoms with Crippen molar-refractivity contribution in [3.8, 4) is 17.6 Å². The van der Waals surface area contributed by atoms with E-state index in [1.54, 1.807) is 6.07 Å². The molecule has 9 nitrogen and oxygen atoms in total. The summed E-state index contributed by atoms with van der Waals surface area (Å²) >= 11 is 0. The minimum absolute atomic E-state index is 0.0903. The molecule has 0 radical (unpaired) electrons. The number of para-hydroxylation sites is 1. The van der Waals surface area contributed by atoms with E-state index < -0.39 is 41.0 Å². The Kier molecular flexibility index (Phi) is 5.05. The summed E-state index contributed by atoms with van der Waals surface area (Å²) in [6.07, 6.45) is -3.37. The third-order valence-corrected chi connectivity index (χ3v) is 3.72. The molecule has 0 aliphatic carbocycles. The van der Waals surface area contributed by atoms with Gasteiger partial charge in [-0.15, -0.1) is 0 Å². The van der Waals surface area contributed by atoms with Crippen molar-refractivity contribution < 1.29 is 17.9 Å². The van der Waals surface area contributed by atoms with Crippen LogP contribution in [0.25, 0.3) is 0 Å². The van der Waals surface area contributed by atoms with Crippen LogP contribution in [0.5, 0.6) is 11.5 Å². The first kappa shape index (κ1) is 19.6. The molecular formula is C17H10F3N5O4. The average molecular weight is 405 g/mol. The lowest BCUT2D eigenvalue weighted by molar-refractivity contribution is -0.142. The summed E-state index contributed by atoms with van der Waals surface area (Å²) in [6.45, 7) is -0.480. The van der Waals surface area contributed by atoms with Gasteiger partial charge in [-0.1, -0.05) is 12.1 Å². The fourth-order valence-corrected chi connectivity index (χ4v) is 2.37. The predicted molar refractivity (Wildman–Crippen MR) is 91.5 cm³/mol. The maximum absolute atomic E-state index is 13.3. The summed E-state index contributed by atoms with van der Waals surface area (Å²) in [7, 11) is 0. The number of rotatable bonds is 4. The van der Waals surface area contributed by atoms with E-state index in [9.17, 15) is 27.6 Å². The molecule has 0 amide bonds. The number of hydrogen-bond acceptors (Lipinski definition) is 6. The molecule has 29 heavy (non-hydrogen) atoms. The summed E-state index contributed by atoms with van der Waals surface area (Å²) in [6, 6.07) is 7.16. The van der Waals surface area contributed by atoms with Gasteiger partial charge in [0.25, 0.3) is 11.1 Å². The molecule has 0 unspecified atom stereocenters. The number of nitriles is 1. The molecule has 12 heteroatoms. The third-order valence-electron chi connectivity index (χ3n) is 3.72. The number of alkyl halides is 3. The highest BCUT2D eigenvalue weighted by Gasteiger charge is 2.39. The van der Waals surface area contributed by atoms with E-state index in [4.69, 9.17) is 10.00 Å². The van der Waals surface area contributed by atoms with Crippen LogP contribution in [0, 0.1) is 11.3 Å². The number of benzene rings is 1. The molecule has 2 aromatic heterocycles. The molecule has 0 saturated carbocycles. The van der Waals surface area contributed by atoms with Gasteiger partial charge in [0.2, 0.25) is 5.75 Å². The van der Waals surface area contributed by atoms with E-state index in [0.717, 1.165) is 6.20 Å². The summed E-state index contributed by atoms with van der Waals surface area (Å²) in [5.41, 5.74) is -4.61. The Balaban J connectivity index is 2.13. The quantitative estimate of drug-likeness (QED) is 0.673. The average Bonchev–Trinajstić information content (AvgIpc) is 2.66. The second kappa shape index (κ2) is 7.47. The lowest BCUT2D eigenvalue weighted by atomic mass is 10.2. The van der Waals surface area contributed by atoms with Gasteiger partial charge in [0, 0.05) is 6.20 Å². The summed E-state index contributed by atoms with van der Waals surface area (Å²) in [5, 5.41) is 9.08. The Labute approximate surface area is 158 Å². The lowest BCUT2D eigenvalue weighted by Gasteiger charge is -2.15. The van der Waals surface area contributed by atoms with Crippen LogP contribution in [0.15, 0.2) is 51.2 Å². The van der Waals surface area contributed by atoms with Crippen LogP contribution < -0.4 is 21.5 Å². The van der Waals surface area contributed by atoms with Gasteiger partial charge in [0.1, 0.15) is 11.8 Å². The molecule has 2 N–H and O–H groups in total. The van der Waals surface area contributed by atoms with E-state index in [1.165, 1.54) is 24.3 Å². The molecule has 1 aromatic carbocycles. The van der Waals surface area contributed by atoms with Crippen molar-refractivity contribution in [2.24, 2.45) is 0 Å². The molecule has 3 aromatic rings. The second-order valence-electron chi connectivity index (χ2n) is 5.66. The van der Waals surface area contributed by atoms with Gasteiger partial charge >= 0.3 is 11.9 Å². The van der Waals surface area contributed by atoms with Crippen molar-refractivity contribution in [3.05, 3.63) is 84.8 Å². The predicted octanol–water partition coefficient (Wildman–Crippen LogP) is 1.35. The number of H-pyrrole nitrogens is 2. The molecular weight excluding hydrogens is 395 g/mol. The Morgan fingerprint density at radius 1 is 1.21 bits per heavy atom. The molecule has 3 rings (SSSR count). The smallest absolute Gasteiger partial charge is 0.437 e. The van der Waals surface area contributed by atoms with Crippen LogP contribution >= 0.6 is 0 Å². The number of ether oxygens (including phenoxy) is 1. The number of nitrogens with zero attached hydrogens (tertiary/aromatic N) is 3. The summed E-state index contributed by atoms with van der Waals surface area (Å²) < 4.78 is 45.8. The monoisotopic (exact) mass is 405 g/mol. The lowest BCUT2D eigenvalue weighted by Crippen LogP contribution is -2.30. The van der Waals surface area contributed by atoms with Crippen LogP contribution in [0.4, 0.5) is 13.2 Å². The van der Waals surface area contributed by atoms with Gasteiger partial charge in [-0.25, -0.2) is 9.78 Å². The van der Waals surface area contributed by atoms with Gasteiger partial charge in [-0.2, -0.15) is 18.4 Å². The zero-order valence-electron chi connectivity index (χ0n) is 14.3. The normalized spacial score (nSPS) is 11.1. The Hall–Kier alpha value is -4.14. The highest BCUT2D eigenvalue weighted by molar-refractivity contribution is 5.45. The molecule has 0 atom stereocenters. The molecule has 0 fully saturated rings. The van der Waals surface area contributed by atoms with Crippen molar-refractivity contribution in [1.29, 1.82) is 5.26 Å². The molecule has 0 aliphatic rings. The van der Waals surface area contributed by atoms with Crippen molar-refractivity contribution in [2.45, 2.75) is 12.7 Å². The SMILES string of the molecule is N#Cc1ccccc1Oc1c(C(F)(F)F)ncn(Cc2c[nH]c(=O)[nH]c2=O)c1=O. The van der Waals surface area contributed by atoms with Gasteiger partial charge in [-0.3, -0.25) is 19.1 Å². The Morgan fingerprint density at radius 3 is 2.59 bits per heavy atom. The van der Waals surface area contributed by atoms with E-state index in [-0.39, 0.29) is 16.9 Å². The van der Waals surface area contributed by atoms with Crippen LogP contribution in [0.1, 0.15) is 16.8 Å². The van der Waals surface area contributed by atoms with Gasteiger partial charge in [0.15, 0.2) is 5.69 Å². The maximum Gasteiger partial charge on any atom is 0.437 e. The largest absolute Gasteiger partial charge is 0.448 e. The summed E-state index contributed by atoms with van der Waals surface area (Å²) in [4.78, 5) is 42.9. The fraction of sp³-hybridized carbons (Fsp3) is 0.118. The number of halogens is 3. The maximum atomic E-state index is 13.3. The molecule has 0 bridgehead atoms. The van der Waals surface area contributed by atoms with Crippen LogP contribution in [0.3, 0.4) is 0 Å². The molecule has 2 heterocycles. The zero-order valence-corrected chi connectivity index (χ0v) is 14.3. The standard InChI is InChI=1S/C17H10F3N5O4/c18-17(19,20)13-12(29-11-4-2-1-3-9(11)5-21)15(27)25(8-23-13)7-10-6-22-16(28)24-14(10)26/h1-4,6,8H,7H2,(H2,22,24,26,28). The Morgan fingerprint density at radius 2 is 1.93 bits per heavy atom. The topological polar surface area (TPSA) is 134 Å². The first-order chi connectivity index (χ1) is 13.7. The van der Waals surface area contributed by atoms with Crippen molar-refractivity contribution in [3.63, 3.8) is 0 Å². The number of nitrogens with one attached hydrogen (secondary N) is 2. The molecule has 0 saturated heterocycles. The van der Waals surface area contributed by atoms with Crippen molar-refractivity contribution >= 4 is 0 Å². The molecule has 0 spiro atoms. The zero-order chi connectivity index (χ0) is 21.2. The van der Waals surface area contributed by atoms with E-state index in [1.807, 2.05) is 4.98 Å². The second-order valence-corrected chi connectivity index (χ2v) is 5.66. The number of hydrogen-bond donors (Lipinski definition) is 2. The highest BCUT2D eigenvalue weighted by atomic mass is 19.4. The molecule has 148 valence electrons. The first-order valence-corrected chi connectivity index (χ1v) is 7.85. The summed E-state index contributed by atoms with van der Waals surface area (Å²) in [5.74, 6) is -1.41. The molecule has 0 aliphatic heterocycles. The third kappa shape index (κ3) is 4.08. The van der Waals surface area contributed by atoms with Crippen LogP contribution in [-0.4, -0.2) is 19.5 Å². The van der Waals surface area contributed by atoms with Crippen molar-refractivity contribution in [1.82, 2.24) is 19.5 Å². The van der Waals surface area contributed by atoms with Crippen molar-refractivity contribution in [2.75, 3.05) is 0 Å². The number of aromatic amines is 2. The first-order valence-electron chi connectivity index (χ1n) is 7.85. The van der Waals surface area contributed by atoms with Crippen LogP contribution in [0.2, 0.25) is 0 Å². The highest BCUT2D eigenvalue weighted by Crippen LogP contribution is 2.35. The van der Waals surface area contributed by atoms with E-state index in [2.05, 4.69) is 9.97 Å². The number of aromatic nitrogens is 4. The van der Waals surface area contributed by atoms with Gasteiger partial charge in [-0.05, 0) is 12.1 Å². The van der Waals surface area contributed by atoms with Gasteiger partial charge in [0.05, 0.1) is 24.0 Å². The minimum Gasteiger partial charge on any atom is -0.448 e. The van der Waals surface area contributed by atoms with Gasteiger partial charge < -0.3 is 9.72 Å². The van der Waals surface area contributed by atoms with E-state index >= 15 is 0 Å². The van der Waals surface area contributed by atoms with Crippen LogP contribution in [-0.2, 0) is 12.7 Å².